The molecule has 3 aromatic rings. The first kappa shape index (κ1) is 21.6. The molecule has 0 saturated carbocycles. The number of amides is 2. The van der Waals surface area contributed by atoms with Gasteiger partial charge in [-0.1, -0.05) is 0 Å². The number of hydrogen-bond donors (Lipinski definition) is 2. The Hall–Kier alpha value is -3.26. The van der Waals surface area contributed by atoms with E-state index in [4.69, 9.17) is 4.74 Å². The van der Waals surface area contributed by atoms with Crippen molar-refractivity contribution in [1.82, 2.24) is 20.2 Å². The van der Waals surface area contributed by atoms with Crippen molar-refractivity contribution in [2.45, 2.75) is 32.2 Å². The SMILES string of the molecule is Cc1[nH]ccc1C(=O)N1CC2(CCOCC2)CC1CNC(=O)c1cncc2ccc(F)cc12. The summed E-state index contributed by atoms with van der Waals surface area (Å²) in [7, 11) is 0. The molecule has 1 aromatic carbocycles. The van der Waals surface area contributed by atoms with Crippen LogP contribution in [0, 0.1) is 18.2 Å². The lowest BCUT2D eigenvalue weighted by Gasteiger charge is -2.33. The lowest BCUT2D eigenvalue weighted by molar-refractivity contribution is 0.0190. The van der Waals surface area contributed by atoms with Crippen LogP contribution in [-0.2, 0) is 4.74 Å². The smallest absolute Gasteiger partial charge is 0.255 e. The molecule has 2 amide bonds. The minimum atomic E-state index is -0.404. The molecule has 2 aliphatic rings. The molecule has 2 fully saturated rings. The minimum Gasteiger partial charge on any atom is -0.381 e. The Morgan fingerprint density at radius 3 is 2.82 bits per heavy atom. The van der Waals surface area contributed by atoms with E-state index in [0.29, 0.717) is 48.2 Å². The molecule has 7 nitrogen and oxygen atoms in total. The molecule has 0 aliphatic carbocycles. The normalized spacial score (nSPS) is 19.8. The van der Waals surface area contributed by atoms with Crippen molar-refractivity contribution in [3.63, 3.8) is 0 Å². The van der Waals surface area contributed by atoms with Crippen LogP contribution in [-0.4, -0.2) is 59.0 Å². The van der Waals surface area contributed by atoms with Gasteiger partial charge in [0.2, 0.25) is 0 Å². The zero-order valence-electron chi connectivity index (χ0n) is 18.6. The number of halogens is 1. The lowest BCUT2D eigenvalue weighted by Crippen LogP contribution is -2.43. The minimum absolute atomic E-state index is 0.0116. The summed E-state index contributed by atoms with van der Waals surface area (Å²) in [6.07, 6.45) is 7.45. The molecule has 1 atom stereocenters. The van der Waals surface area contributed by atoms with Crippen molar-refractivity contribution in [2.24, 2.45) is 5.41 Å². The number of aromatic nitrogens is 2. The van der Waals surface area contributed by atoms with Crippen LogP contribution in [0.2, 0.25) is 0 Å². The quantitative estimate of drug-likeness (QED) is 0.637. The molecule has 2 N–H and O–H groups in total. The number of carbonyl (C=O) groups is 2. The number of nitrogens with one attached hydrogen (secondary N) is 2. The van der Waals surface area contributed by atoms with Crippen LogP contribution in [0.25, 0.3) is 10.8 Å². The summed E-state index contributed by atoms with van der Waals surface area (Å²) >= 11 is 0. The predicted octanol–water partition coefficient (Wildman–Crippen LogP) is 3.45. The summed E-state index contributed by atoms with van der Waals surface area (Å²) in [5.74, 6) is -0.749. The van der Waals surface area contributed by atoms with Gasteiger partial charge in [-0.25, -0.2) is 4.39 Å². The Balaban J connectivity index is 1.37. The molecule has 8 heteroatoms. The van der Waals surface area contributed by atoms with Gasteiger partial charge in [-0.3, -0.25) is 14.6 Å². The molecular formula is C25H27FN4O3. The van der Waals surface area contributed by atoms with E-state index in [0.717, 1.165) is 25.0 Å². The van der Waals surface area contributed by atoms with Gasteiger partial charge in [0.25, 0.3) is 11.8 Å². The standard InChI is InChI=1S/C25H27FN4O3/c1-16-20(4-7-28-16)24(32)30-15-25(5-8-33-9-6-25)11-19(30)13-29-23(31)22-14-27-12-17-2-3-18(26)10-21(17)22/h2-4,7,10,12,14,19,28H,5-6,8-9,11,13,15H2,1H3,(H,29,31). The summed E-state index contributed by atoms with van der Waals surface area (Å²) in [6.45, 7) is 4.25. The van der Waals surface area contributed by atoms with E-state index in [1.807, 2.05) is 11.8 Å². The van der Waals surface area contributed by atoms with Crippen molar-refractivity contribution in [2.75, 3.05) is 26.3 Å². The van der Waals surface area contributed by atoms with Crippen molar-refractivity contribution in [1.29, 1.82) is 0 Å². The van der Waals surface area contributed by atoms with E-state index >= 15 is 0 Å². The number of benzene rings is 1. The fourth-order valence-corrected chi connectivity index (χ4v) is 5.21. The van der Waals surface area contributed by atoms with Crippen molar-refractivity contribution >= 4 is 22.6 Å². The maximum absolute atomic E-state index is 13.8. The second-order valence-corrected chi connectivity index (χ2v) is 9.18. The number of pyridine rings is 1. The first-order valence-electron chi connectivity index (χ1n) is 11.3. The third kappa shape index (κ3) is 4.11. The van der Waals surface area contributed by atoms with Crippen molar-refractivity contribution in [3.05, 3.63) is 65.5 Å². The molecule has 4 heterocycles. The summed E-state index contributed by atoms with van der Waals surface area (Å²) in [5.41, 5.74) is 1.83. The number of likely N-dealkylation sites (tertiary alicyclic amines) is 1. The Bertz CT molecular complexity index is 1200. The molecule has 1 spiro atoms. The van der Waals surface area contributed by atoms with Crippen LogP contribution in [0.1, 0.15) is 45.7 Å². The molecule has 2 aliphatic heterocycles. The van der Waals surface area contributed by atoms with E-state index in [1.54, 1.807) is 24.5 Å². The Morgan fingerprint density at radius 2 is 2.06 bits per heavy atom. The number of carbonyl (C=O) groups excluding carboxylic acids is 2. The van der Waals surface area contributed by atoms with Gasteiger partial charge in [-0.2, -0.15) is 0 Å². The number of H-pyrrole nitrogens is 1. The second-order valence-electron chi connectivity index (χ2n) is 9.18. The second kappa shape index (κ2) is 8.59. The fourth-order valence-electron chi connectivity index (χ4n) is 5.21. The summed E-state index contributed by atoms with van der Waals surface area (Å²) in [5, 5.41) is 4.20. The van der Waals surface area contributed by atoms with Crippen molar-refractivity contribution in [3.8, 4) is 0 Å². The Morgan fingerprint density at radius 1 is 1.24 bits per heavy atom. The third-order valence-electron chi connectivity index (χ3n) is 7.08. The highest BCUT2D eigenvalue weighted by Gasteiger charge is 2.46. The van der Waals surface area contributed by atoms with Gasteiger partial charge in [0, 0.05) is 67.4 Å². The highest BCUT2D eigenvalue weighted by atomic mass is 19.1. The molecule has 1 unspecified atom stereocenters. The first-order chi connectivity index (χ1) is 16.0. The highest BCUT2D eigenvalue weighted by molar-refractivity contribution is 6.06. The van der Waals surface area contributed by atoms with Crippen LogP contribution >= 0.6 is 0 Å². The number of fused-ring (bicyclic) bond motifs is 1. The average molecular weight is 451 g/mol. The summed E-state index contributed by atoms with van der Waals surface area (Å²) in [4.78, 5) is 35.6. The zero-order chi connectivity index (χ0) is 23.0. The molecule has 2 saturated heterocycles. The highest BCUT2D eigenvalue weighted by Crippen LogP contribution is 2.43. The van der Waals surface area contributed by atoms with Gasteiger partial charge in [0.1, 0.15) is 5.82 Å². The number of ether oxygens (including phenoxy) is 1. The van der Waals surface area contributed by atoms with E-state index in [9.17, 15) is 14.0 Å². The van der Waals surface area contributed by atoms with E-state index < -0.39 is 5.82 Å². The summed E-state index contributed by atoms with van der Waals surface area (Å²) in [6, 6.07) is 5.99. The van der Waals surface area contributed by atoms with Gasteiger partial charge in [0.05, 0.1) is 11.1 Å². The predicted molar refractivity (Wildman–Crippen MR) is 121 cm³/mol. The van der Waals surface area contributed by atoms with E-state index in [-0.39, 0.29) is 23.3 Å². The molecule has 2 aromatic heterocycles. The van der Waals surface area contributed by atoms with E-state index in [1.165, 1.54) is 18.3 Å². The molecule has 0 bridgehead atoms. The molecule has 172 valence electrons. The maximum atomic E-state index is 13.8. The first-order valence-corrected chi connectivity index (χ1v) is 11.3. The van der Waals surface area contributed by atoms with Gasteiger partial charge in [-0.15, -0.1) is 0 Å². The lowest BCUT2D eigenvalue weighted by atomic mass is 9.78. The topological polar surface area (TPSA) is 87.3 Å². The number of aromatic amines is 1. The third-order valence-corrected chi connectivity index (χ3v) is 7.08. The number of hydrogen-bond acceptors (Lipinski definition) is 4. The van der Waals surface area contributed by atoms with Gasteiger partial charge in [0.15, 0.2) is 0 Å². The average Bonchev–Trinajstić information content (AvgIpc) is 3.40. The van der Waals surface area contributed by atoms with E-state index in [2.05, 4.69) is 15.3 Å². The van der Waals surface area contributed by atoms with Crippen LogP contribution in [0.3, 0.4) is 0 Å². The molecule has 5 rings (SSSR count). The van der Waals surface area contributed by atoms with Crippen LogP contribution in [0.5, 0.6) is 0 Å². The van der Waals surface area contributed by atoms with Crippen LogP contribution in [0.15, 0.2) is 42.9 Å². The monoisotopic (exact) mass is 450 g/mol. The van der Waals surface area contributed by atoms with Crippen LogP contribution < -0.4 is 5.32 Å². The maximum Gasteiger partial charge on any atom is 0.255 e. The van der Waals surface area contributed by atoms with Gasteiger partial charge in [-0.05, 0) is 55.9 Å². The zero-order valence-corrected chi connectivity index (χ0v) is 18.6. The molecule has 33 heavy (non-hydrogen) atoms. The number of aryl methyl sites for hydroxylation is 1. The van der Waals surface area contributed by atoms with Gasteiger partial charge >= 0.3 is 0 Å². The molecular weight excluding hydrogens is 423 g/mol. The van der Waals surface area contributed by atoms with Crippen LogP contribution in [0.4, 0.5) is 4.39 Å². The van der Waals surface area contributed by atoms with Gasteiger partial charge < -0.3 is 19.9 Å². The van der Waals surface area contributed by atoms with Crippen molar-refractivity contribution < 1.29 is 18.7 Å². The number of rotatable bonds is 4. The summed E-state index contributed by atoms with van der Waals surface area (Å²) < 4.78 is 19.4. The Labute approximate surface area is 191 Å². The Kier molecular flexibility index (Phi) is 5.62. The molecule has 0 radical (unpaired) electrons. The number of nitrogens with zero attached hydrogens (tertiary/aromatic N) is 2. The largest absolute Gasteiger partial charge is 0.381 e. The fraction of sp³-hybridized carbons (Fsp3) is 0.400.